The van der Waals surface area contributed by atoms with E-state index >= 15 is 0 Å². The van der Waals surface area contributed by atoms with Crippen molar-refractivity contribution in [1.29, 1.82) is 0 Å². The summed E-state index contributed by atoms with van der Waals surface area (Å²) in [5, 5.41) is 0. The maximum atomic E-state index is 6.05. The van der Waals surface area contributed by atoms with Crippen LogP contribution in [0.1, 0.15) is 63.6 Å². The van der Waals surface area contributed by atoms with E-state index in [-0.39, 0.29) is 6.04 Å². The van der Waals surface area contributed by atoms with E-state index in [1.807, 2.05) is 6.20 Å². The summed E-state index contributed by atoms with van der Waals surface area (Å²) in [7, 11) is 0. The number of piperidine rings is 1. The van der Waals surface area contributed by atoms with Gasteiger partial charge in [-0.1, -0.05) is 19.8 Å². The molecule has 1 aliphatic heterocycles. The molecule has 1 saturated heterocycles. The summed E-state index contributed by atoms with van der Waals surface area (Å²) in [6.45, 7) is 3.31. The first-order valence-corrected chi connectivity index (χ1v) is 8.27. The predicted octanol–water partition coefficient (Wildman–Crippen LogP) is 3.65. The second-order valence-electron chi connectivity index (χ2n) is 6.40. The minimum absolute atomic E-state index is 0.0767. The molecule has 3 rings (SSSR count). The Hall–Kier alpha value is -1.09. The summed E-state index contributed by atoms with van der Waals surface area (Å²) in [6, 6.07) is 5.18. The second kappa shape index (κ2) is 6.13. The van der Waals surface area contributed by atoms with E-state index in [0.29, 0.717) is 0 Å². The number of nitrogens with zero attached hydrogens (tertiary/aromatic N) is 2. The average molecular weight is 273 g/mol. The monoisotopic (exact) mass is 273 g/mol. The fraction of sp³-hybridized carbons (Fsp3) is 0.706. The highest BCUT2D eigenvalue weighted by atomic mass is 15.2. The number of pyridine rings is 1. The van der Waals surface area contributed by atoms with Crippen LogP contribution in [0.4, 0.5) is 5.69 Å². The molecule has 0 unspecified atom stereocenters. The Balaban J connectivity index is 1.77. The predicted molar refractivity (Wildman–Crippen MR) is 83.8 cm³/mol. The van der Waals surface area contributed by atoms with Crippen molar-refractivity contribution < 1.29 is 0 Å². The van der Waals surface area contributed by atoms with Crippen molar-refractivity contribution in [2.24, 2.45) is 11.7 Å². The van der Waals surface area contributed by atoms with Crippen molar-refractivity contribution in [1.82, 2.24) is 4.98 Å². The smallest absolute Gasteiger partial charge is 0.0572 e. The van der Waals surface area contributed by atoms with Crippen molar-refractivity contribution in [3.63, 3.8) is 0 Å². The molecule has 0 aromatic carbocycles. The number of nitrogens with two attached hydrogens (primary N) is 1. The number of aromatic nitrogens is 1. The number of anilines is 1. The number of rotatable bonds is 3. The van der Waals surface area contributed by atoms with Crippen LogP contribution in [-0.2, 0) is 0 Å². The lowest BCUT2D eigenvalue weighted by atomic mass is 9.78. The van der Waals surface area contributed by atoms with Crippen molar-refractivity contribution in [3.05, 3.63) is 24.0 Å². The summed E-state index contributed by atoms with van der Waals surface area (Å²) < 4.78 is 0. The standard InChI is InChI=1S/C17H27N3/c1-2-15(18)16-10-9-14(12-19-16)20-11-5-7-13-6-3-4-8-17(13)20/h9-10,12-13,15,17H,2-8,11,18H2,1H3/t13-,15+,17-/m1/s1. The number of fused-ring (bicyclic) bond motifs is 1. The molecular weight excluding hydrogens is 246 g/mol. The molecule has 1 aromatic rings. The summed E-state index contributed by atoms with van der Waals surface area (Å²) >= 11 is 0. The molecule has 1 aromatic heterocycles. The molecule has 2 fully saturated rings. The van der Waals surface area contributed by atoms with Crippen molar-refractivity contribution in [2.45, 2.75) is 64.0 Å². The van der Waals surface area contributed by atoms with Crippen LogP contribution in [0.2, 0.25) is 0 Å². The Kier molecular flexibility index (Phi) is 4.25. The van der Waals surface area contributed by atoms with Crippen LogP contribution in [0, 0.1) is 5.92 Å². The molecule has 0 bridgehead atoms. The minimum Gasteiger partial charge on any atom is -0.367 e. The van der Waals surface area contributed by atoms with Crippen LogP contribution < -0.4 is 10.6 Å². The lowest BCUT2D eigenvalue weighted by Gasteiger charge is -2.45. The van der Waals surface area contributed by atoms with Crippen LogP contribution in [0.3, 0.4) is 0 Å². The number of hydrogen-bond acceptors (Lipinski definition) is 3. The fourth-order valence-electron chi connectivity index (χ4n) is 3.94. The summed E-state index contributed by atoms with van der Waals surface area (Å²) in [5.74, 6) is 0.912. The van der Waals surface area contributed by atoms with Gasteiger partial charge in [0.25, 0.3) is 0 Å². The zero-order chi connectivity index (χ0) is 13.9. The molecule has 110 valence electrons. The summed E-state index contributed by atoms with van der Waals surface area (Å²) in [6.07, 6.45) is 11.4. The first-order valence-electron chi connectivity index (χ1n) is 8.27. The lowest BCUT2D eigenvalue weighted by Crippen LogP contribution is -2.46. The van der Waals surface area contributed by atoms with Gasteiger partial charge >= 0.3 is 0 Å². The van der Waals surface area contributed by atoms with Gasteiger partial charge in [0.05, 0.1) is 17.6 Å². The van der Waals surface area contributed by atoms with Gasteiger partial charge in [-0.2, -0.15) is 0 Å². The fourth-order valence-corrected chi connectivity index (χ4v) is 3.94. The van der Waals surface area contributed by atoms with Gasteiger partial charge in [0.15, 0.2) is 0 Å². The van der Waals surface area contributed by atoms with Crippen LogP contribution in [-0.4, -0.2) is 17.6 Å². The third kappa shape index (κ3) is 2.69. The Morgan fingerprint density at radius 2 is 2.05 bits per heavy atom. The third-order valence-corrected chi connectivity index (χ3v) is 5.17. The lowest BCUT2D eigenvalue weighted by molar-refractivity contribution is 0.243. The highest BCUT2D eigenvalue weighted by molar-refractivity contribution is 5.46. The maximum absolute atomic E-state index is 6.05. The Morgan fingerprint density at radius 1 is 1.25 bits per heavy atom. The van der Waals surface area contributed by atoms with E-state index in [4.69, 9.17) is 5.73 Å². The van der Waals surface area contributed by atoms with Gasteiger partial charge in [-0.15, -0.1) is 0 Å². The first kappa shape index (κ1) is 13.9. The highest BCUT2D eigenvalue weighted by Crippen LogP contribution is 2.37. The second-order valence-corrected chi connectivity index (χ2v) is 6.40. The van der Waals surface area contributed by atoms with E-state index in [9.17, 15) is 0 Å². The molecule has 3 heteroatoms. The SMILES string of the molecule is CC[C@H](N)c1ccc(N2CCC[C@H]3CCCC[C@H]32)cn1. The van der Waals surface area contributed by atoms with Gasteiger partial charge in [-0.05, 0) is 50.2 Å². The van der Waals surface area contributed by atoms with E-state index < -0.39 is 0 Å². The van der Waals surface area contributed by atoms with E-state index in [1.165, 1.54) is 50.8 Å². The Morgan fingerprint density at radius 3 is 2.80 bits per heavy atom. The van der Waals surface area contributed by atoms with Crippen molar-refractivity contribution in [3.8, 4) is 0 Å². The molecule has 1 saturated carbocycles. The molecule has 1 aliphatic carbocycles. The van der Waals surface area contributed by atoms with Gasteiger partial charge < -0.3 is 10.6 Å². The first-order chi connectivity index (χ1) is 9.79. The maximum Gasteiger partial charge on any atom is 0.0572 e. The largest absolute Gasteiger partial charge is 0.367 e. The van der Waals surface area contributed by atoms with Gasteiger partial charge in [-0.3, -0.25) is 4.98 Å². The topological polar surface area (TPSA) is 42.1 Å². The number of hydrogen-bond donors (Lipinski definition) is 1. The van der Waals surface area contributed by atoms with Crippen molar-refractivity contribution >= 4 is 5.69 Å². The minimum atomic E-state index is 0.0767. The quantitative estimate of drug-likeness (QED) is 0.914. The third-order valence-electron chi connectivity index (χ3n) is 5.17. The molecule has 2 heterocycles. The van der Waals surface area contributed by atoms with Crippen LogP contribution >= 0.6 is 0 Å². The Labute approximate surface area is 122 Å². The van der Waals surface area contributed by atoms with Crippen LogP contribution in [0.25, 0.3) is 0 Å². The molecule has 0 amide bonds. The normalized spacial score (nSPS) is 28.0. The molecular formula is C17H27N3. The average Bonchev–Trinajstić information content (AvgIpc) is 2.54. The van der Waals surface area contributed by atoms with E-state index in [1.54, 1.807) is 0 Å². The molecule has 0 spiro atoms. The zero-order valence-electron chi connectivity index (χ0n) is 12.6. The van der Waals surface area contributed by atoms with E-state index in [0.717, 1.165) is 24.1 Å². The summed E-state index contributed by atoms with van der Waals surface area (Å²) in [4.78, 5) is 7.21. The molecule has 2 aliphatic rings. The van der Waals surface area contributed by atoms with Crippen LogP contribution in [0.15, 0.2) is 18.3 Å². The molecule has 20 heavy (non-hydrogen) atoms. The molecule has 0 radical (unpaired) electrons. The Bertz CT molecular complexity index is 426. The van der Waals surface area contributed by atoms with E-state index in [2.05, 4.69) is 28.9 Å². The molecule has 3 atom stereocenters. The van der Waals surface area contributed by atoms with Gasteiger partial charge in [-0.25, -0.2) is 0 Å². The van der Waals surface area contributed by atoms with Gasteiger partial charge in [0.1, 0.15) is 0 Å². The molecule has 2 N–H and O–H groups in total. The van der Waals surface area contributed by atoms with Crippen LogP contribution in [0.5, 0.6) is 0 Å². The molecule has 3 nitrogen and oxygen atoms in total. The van der Waals surface area contributed by atoms with Gasteiger partial charge in [0.2, 0.25) is 0 Å². The zero-order valence-corrected chi connectivity index (χ0v) is 12.6. The van der Waals surface area contributed by atoms with Crippen molar-refractivity contribution in [2.75, 3.05) is 11.4 Å². The van der Waals surface area contributed by atoms with Gasteiger partial charge in [0, 0.05) is 18.6 Å². The highest BCUT2D eigenvalue weighted by Gasteiger charge is 2.33. The summed E-state index contributed by atoms with van der Waals surface area (Å²) in [5.41, 5.74) is 8.37.